The summed E-state index contributed by atoms with van der Waals surface area (Å²) in [7, 11) is 5.15. The Labute approximate surface area is 82.1 Å². The highest BCUT2D eigenvalue weighted by Gasteiger charge is 2.16. The number of rotatable bonds is 2. The van der Waals surface area contributed by atoms with Crippen molar-refractivity contribution in [1.82, 2.24) is 14.7 Å². The zero-order valence-electron chi connectivity index (χ0n) is 7.91. The third kappa shape index (κ3) is 2.01. The van der Waals surface area contributed by atoms with Crippen molar-refractivity contribution in [2.75, 3.05) is 14.1 Å². The predicted octanol–water partition coefficient (Wildman–Crippen LogP) is 0.861. The molecule has 0 atom stereocenters. The van der Waals surface area contributed by atoms with Gasteiger partial charge in [0.25, 0.3) is 5.91 Å². The third-order valence-electron chi connectivity index (χ3n) is 1.66. The number of carbonyl (C=O) groups is 1. The van der Waals surface area contributed by atoms with E-state index in [0.717, 1.165) is 5.56 Å². The second-order valence-corrected chi connectivity index (χ2v) is 3.28. The number of amides is 1. The number of nitrogens with zero attached hydrogens (tertiary/aromatic N) is 3. The molecule has 0 N–H and O–H groups in total. The van der Waals surface area contributed by atoms with Crippen LogP contribution in [-0.4, -0.2) is 34.7 Å². The van der Waals surface area contributed by atoms with Crippen LogP contribution in [0.3, 0.4) is 0 Å². The van der Waals surface area contributed by atoms with E-state index in [-0.39, 0.29) is 5.91 Å². The van der Waals surface area contributed by atoms with Crippen LogP contribution in [0.5, 0.6) is 0 Å². The molecule has 1 heterocycles. The maximum absolute atomic E-state index is 11.5. The van der Waals surface area contributed by atoms with Crippen LogP contribution in [0, 0.1) is 0 Å². The Hall–Kier alpha value is -1.03. The van der Waals surface area contributed by atoms with Crippen molar-refractivity contribution in [3.05, 3.63) is 17.5 Å². The maximum Gasteiger partial charge on any atom is 0.274 e. The summed E-state index contributed by atoms with van der Waals surface area (Å²) < 4.78 is 1.59. The van der Waals surface area contributed by atoms with E-state index >= 15 is 0 Å². The number of halogens is 1. The third-order valence-corrected chi connectivity index (χ3v) is 1.95. The number of hydrogen-bond donors (Lipinski definition) is 0. The summed E-state index contributed by atoms with van der Waals surface area (Å²) in [5, 5.41) is 4.04. The summed E-state index contributed by atoms with van der Waals surface area (Å²) in [6, 6.07) is 0. The smallest absolute Gasteiger partial charge is 0.274 e. The number of hydrogen-bond acceptors (Lipinski definition) is 2. The van der Waals surface area contributed by atoms with Crippen LogP contribution in [0.25, 0.3) is 0 Å². The topological polar surface area (TPSA) is 38.1 Å². The monoisotopic (exact) mass is 201 g/mol. The minimum atomic E-state index is -0.115. The average Bonchev–Trinajstić information content (AvgIpc) is 2.45. The lowest BCUT2D eigenvalue weighted by Crippen LogP contribution is -2.23. The van der Waals surface area contributed by atoms with Crippen molar-refractivity contribution in [2.45, 2.75) is 5.88 Å². The van der Waals surface area contributed by atoms with Crippen LogP contribution >= 0.6 is 11.6 Å². The minimum Gasteiger partial charge on any atom is -0.343 e. The fourth-order valence-corrected chi connectivity index (χ4v) is 1.22. The molecule has 72 valence electrons. The summed E-state index contributed by atoms with van der Waals surface area (Å²) in [6.45, 7) is 0. The predicted molar refractivity (Wildman–Crippen MR) is 50.8 cm³/mol. The van der Waals surface area contributed by atoms with E-state index < -0.39 is 0 Å². The van der Waals surface area contributed by atoms with Gasteiger partial charge in [0.15, 0.2) is 5.69 Å². The molecular formula is C8H12ClN3O. The summed E-state index contributed by atoms with van der Waals surface area (Å²) in [5.74, 6) is 0.194. The number of carbonyl (C=O) groups excluding carboxylic acids is 1. The standard InChI is InChI=1S/C8H12ClN3O/c1-11(2)8(13)7-6(4-9)5-12(3)10-7/h5H,4H2,1-3H3. The van der Waals surface area contributed by atoms with Gasteiger partial charge >= 0.3 is 0 Å². The van der Waals surface area contributed by atoms with Crippen molar-refractivity contribution in [1.29, 1.82) is 0 Å². The summed E-state index contributed by atoms with van der Waals surface area (Å²) in [4.78, 5) is 13.0. The highest BCUT2D eigenvalue weighted by atomic mass is 35.5. The lowest BCUT2D eigenvalue weighted by molar-refractivity contribution is 0.0820. The van der Waals surface area contributed by atoms with E-state index in [1.807, 2.05) is 0 Å². The molecule has 13 heavy (non-hydrogen) atoms. The molecule has 0 radical (unpaired) electrons. The highest BCUT2D eigenvalue weighted by molar-refractivity contribution is 6.17. The molecule has 1 rings (SSSR count). The number of aryl methyl sites for hydroxylation is 1. The molecule has 1 aromatic heterocycles. The fourth-order valence-electron chi connectivity index (χ4n) is 1.03. The zero-order chi connectivity index (χ0) is 10.0. The van der Waals surface area contributed by atoms with E-state index in [0.29, 0.717) is 11.6 Å². The number of alkyl halides is 1. The highest BCUT2D eigenvalue weighted by Crippen LogP contribution is 2.10. The van der Waals surface area contributed by atoms with Gasteiger partial charge in [-0.2, -0.15) is 5.10 Å². The number of aromatic nitrogens is 2. The van der Waals surface area contributed by atoms with Crippen LogP contribution in [-0.2, 0) is 12.9 Å². The summed E-state index contributed by atoms with van der Waals surface area (Å²) >= 11 is 5.67. The van der Waals surface area contributed by atoms with Crippen molar-refractivity contribution in [2.24, 2.45) is 7.05 Å². The van der Waals surface area contributed by atoms with Gasteiger partial charge in [-0.25, -0.2) is 0 Å². The zero-order valence-corrected chi connectivity index (χ0v) is 8.67. The van der Waals surface area contributed by atoms with Crippen LogP contribution in [0.15, 0.2) is 6.20 Å². The van der Waals surface area contributed by atoms with Crippen LogP contribution in [0.2, 0.25) is 0 Å². The first-order valence-electron chi connectivity index (χ1n) is 3.86. The molecule has 0 aliphatic heterocycles. The van der Waals surface area contributed by atoms with E-state index in [1.54, 1.807) is 32.0 Å². The first kappa shape index (κ1) is 10.1. The van der Waals surface area contributed by atoms with Crippen molar-refractivity contribution >= 4 is 17.5 Å². The van der Waals surface area contributed by atoms with E-state index in [1.165, 1.54) is 4.90 Å². The largest absolute Gasteiger partial charge is 0.343 e. The molecule has 4 nitrogen and oxygen atoms in total. The van der Waals surface area contributed by atoms with E-state index in [2.05, 4.69) is 5.10 Å². The Morgan fingerprint density at radius 3 is 2.77 bits per heavy atom. The molecule has 0 spiro atoms. The molecule has 0 unspecified atom stereocenters. The van der Waals surface area contributed by atoms with Gasteiger partial charge < -0.3 is 4.90 Å². The van der Waals surface area contributed by atoms with E-state index in [4.69, 9.17) is 11.6 Å². The molecule has 0 saturated heterocycles. The van der Waals surface area contributed by atoms with Gasteiger partial charge in [0.05, 0.1) is 5.88 Å². The molecule has 5 heteroatoms. The average molecular weight is 202 g/mol. The van der Waals surface area contributed by atoms with Gasteiger partial charge in [-0.1, -0.05) is 0 Å². The lowest BCUT2D eigenvalue weighted by Gasteiger charge is -2.08. The Bertz CT molecular complexity index is 319. The van der Waals surface area contributed by atoms with Crippen LogP contribution < -0.4 is 0 Å². The molecule has 0 bridgehead atoms. The Kier molecular flexibility index (Phi) is 2.93. The summed E-state index contributed by atoms with van der Waals surface area (Å²) in [5.41, 5.74) is 1.20. The first-order valence-corrected chi connectivity index (χ1v) is 4.40. The van der Waals surface area contributed by atoms with Crippen molar-refractivity contribution in [3.63, 3.8) is 0 Å². The van der Waals surface area contributed by atoms with Crippen LogP contribution in [0.4, 0.5) is 0 Å². The van der Waals surface area contributed by atoms with Crippen molar-refractivity contribution < 1.29 is 4.79 Å². The van der Waals surface area contributed by atoms with Gasteiger partial charge in [0.2, 0.25) is 0 Å². The molecule has 0 fully saturated rings. The van der Waals surface area contributed by atoms with Gasteiger partial charge in [-0.05, 0) is 0 Å². The Morgan fingerprint density at radius 2 is 2.31 bits per heavy atom. The molecule has 0 saturated carbocycles. The molecular weight excluding hydrogens is 190 g/mol. The summed E-state index contributed by atoms with van der Waals surface area (Å²) in [6.07, 6.45) is 1.75. The molecule has 1 amide bonds. The molecule has 1 aromatic rings. The van der Waals surface area contributed by atoms with Gasteiger partial charge in [0.1, 0.15) is 0 Å². The fraction of sp³-hybridized carbons (Fsp3) is 0.500. The van der Waals surface area contributed by atoms with Gasteiger partial charge in [0, 0.05) is 32.9 Å². The Balaban J connectivity index is 3.05. The Morgan fingerprint density at radius 1 is 1.69 bits per heavy atom. The second kappa shape index (κ2) is 3.79. The first-order chi connectivity index (χ1) is 6.06. The quantitative estimate of drug-likeness (QED) is 0.666. The second-order valence-electron chi connectivity index (χ2n) is 3.01. The van der Waals surface area contributed by atoms with E-state index in [9.17, 15) is 4.79 Å². The molecule has 0 aliphatic carbocycles. The SMILES string of the molecule is CN(C)C(=O)c1nn(C)cc1CCl. The van der Waals surface area contributed by atoms with Crippen LogP contribution in [0.1, 0.15) is 16.1 Å². The lowest BCUT2D eigenvalue weighted by atomic mass is 10.2. The minimum absolute atomic E-state index is 0.115. The molecule has 0 aliphatic rings. The van der Waals surface area contributed by atoms with Crippen molar-refractivity contribution in [3.8, 4) is 0 Å². The molecule has 0 aromatic carbocycles. The van der Waals surface area contributed by atoms with Gasteiger partial charge in [-0.3, -0.25) is 9.48 Å². The maximum atomic E-state index is 11.5. The normalized spacial score (nSPS) is 10.2. The van der Waals surface area contributed by atoms with Gasteiger partial charge in [-0.15, -0.1) is 11.6 Å².